The van der Waals surface area contributed by atoms with Crippen molar-refractivity contribution in [3.63, 3.8) is 0 Å². The predicted octanol–water partition coefficient (Wildman–Crippen LogP) is 3.80. The molecule has 0 bridgehead atoms. The van der Waals surface area contributed by atoms with Crippen molar-refractivity contribution >= 4 is 23.5 Å². The second-order valence-corrected chi connectivity index (χ2v) is 8.05. The first-order chi connectivity index (χ1) is 15.4. The Hall–Kier alpha value is -3.01. The van der Waals surface area contributed by atoms with Crippen molar-refractivity contribution in [2.45, 2.75) is 58.2 Å². The van der Waals surface area contributed by atoms with Gasteiger partial charge in [-0.1, -0.05) is 0 Å². The second-order valence-electron chi connectivity index (χ2n) is 8.05. The molecule has 0 radical (unpaired) electrons. The molecule has 0 spiro atoms. The van der Waals surface area contributed by atoms with Gasteiger partial charge < -0.3 is 15.8 Å². The van der Waals surface area contributed by atoms with Crippen molar-refractivity contribution in [3.8, 4) is 5.75 Å². The van der Waals surface area contributed by atoms with Gasteiger partial charge in [0.05, 0.1) is 13.2 Å². The zero-order valence-corrected chi connectivity index (χ0v) is 18.3. The quantitative estimate of drug-likeness (QED) is 0.701. The van der Waals surface area contributed by atoms with Gasteiger partial charge in [-0.25, -0.2) is 18.6 Å². The number of nitrogens with zero attached hydrogens (tertiary/aromatic N) is 4. The van der Waals surface area contributed by atoms with Gasteiger partial charge in [-0.15, -0.1) is 0 Å². The summed E-state index contributed by atoms with van der Waals surface area (Å²) in [5.41, 5.74) is 6.13. The van der Waals surface area contributed by atoms with E-state index < -0.39 is 23.4 Å². The topological polar surface area (TPSA) is 96.6 Å². The molecular formula is C22H28F2N6O2. The Bertz CT molecular complexity index is 997. The van der Waals surface area contributed by atoms with Crippen LogP contribution in [0.25, 0.3) is 0 Å². The summed E-state index contributed by atoms with van der Waals surface area (Å²) in [6.07, 6.45) is 5.34. The summed E-state index contributed by atoms with van der Waals surface area (Å²) in [5, 5.41) is 3.33. The molecule has 2 amide bonds. The van der Waals surface area contributed by atoms with Gasteiger partial charge in [0.25, 0.3) is 0 Å². The number of anilines is 3. The first kappa shape index (κ1) is 22.2. The van der Waals surface area contributed by atoms with Crippen LogP contribution in [0, 0.1) is 11.6 Å². The van der Waals surface area contributed by atoms with Gasteiger partial charge in [0.2, 0.25) is 5.95 Å². The molecule has 1 aliphatic carbocycles. The van der Waals surface area contributed by atoms with Gasteiger partial charge in [-0.05, 0) is 51.7 Å². The summed E-state index contributed by atoms with van der Waals surface area (Å²) in [4.78, 5) is 24.6. The number of halogens is 2. The monoisotopic (exact) mass is 446 g/mol. The summed E-state index contributed by atoms with van der Waals surface area (Å²) >= 11 is 0. The Morgan fingerprint density at radius 1 is 1.22 bits per heavy atom. The van der Waals surface area contributed by atoms with Crippen molar-refractivity contribution in [3.05, 3.63) is 35.5 Å². The fraction of sp³-hybridized carbons (Fsp3) is 0.500. The molecule has 32 heavy (non-hydrogen) atoms. The number of nitrogens with one attached hydrogen (secondary N) is 1. The molecule has 1 saturated carbocycles. The lowest BCUT2D eigenvalue weighted by atomic mass is 9.92. The highest BCUT2D eigenvalue weighted by Gasteiger charge is 2.36. The molecule has 8 nitrogen and oxygen atoms in total. The highest BCUT2D eigenvalue weighted by Crippen LogP contribution is 2.36. The van der Waals surface area contributed by atoms with E-state index in [-0.39, 0.29) is 37.5 Å². The van der Waals surface area contributed by atoms with E-state index in [1.807, 2.05) is 0 Å². The van der Waals surface area contributed by atoms with Crippen molar-refractivity contribution in [1.82, 2.24) is 9.97 Å². The van der Waals surface area contributed by atoms with Crippen LogP contribution in [0.1, 0.15) is 45.1 Å². The molecule has 172 valence electrons. The molecule has 0 saturated heterocycles. The number of benzene rings is 1. The molecule has 4 rings (SSSR count). The van der Waals surface area contributed by atoms with Crippen LogP contribution in [-0.2, 0) is 6.54 Å². The maximum absolute atomic E-state index is 15.0. The van der Waals surface area contributed by atoms with E-state index in [1.165, 1.54) is 11.0 Å². The molecule has 2 heterocycles. The standard InChI is InChI=1S/C22H28F2N6O2/c1-3-29-20-13(11-26-21(28-20)27-15-7-5-14(25)6-8-15)12-30(22(29)31)19-16(23)9-10-17(18(19)24)32-4-2/h9-11,14-15H,3-8,12,25H2,1-2H3,(H,26,27,28). The summed E-state index contributed by atoms with van der Waals surface area (Å²) in [6.45, 7) is 3.94. The minimum absolute atomic E-state index is 0.0490. The summed E-state index contributed by atoms with van der Waals surface area (Å²) in [7, 11) is 0. The maximum Gasteiger partial charge on any atom is 0.330 e. The first-order valence-electron chi connectivity index (χ1n) is 11.0. The van der Waals surface area contributed by atoms with Crippen LogP contribution < -0.4 is 25.6 Å². The summed E-state index contributed by atoms with van der Waals surface area (Å²) in [5.74, 6) is -0.975. The van der Waals surface area contributed by atoms with Crippen LogP contribution >= 0.6 is 0 Å². The number of rotatable bonds is 6. The molecular weight excluding hydrogens is 418 g/mol. The number of fused-ring (bicyclic) bond motifs is 1. The number of urea groups is 1. The van der Waals surface area contributed by atoms with E-state index in [4.69, 9.17) is 10.5 Å². The number of ether oxygens (including phenoxy) is 1. The van der Waals surface area contributed by atoms with E-state index in [1.54, 1.807) is 20.0 Å². The Labute approximate surface area is 185 Å². The van der Waals surface area contributed by atoms with E-state index in [9.17, 15) is 9.18 Å². The number of aromatic nitrogens is 2. The van der Waals surface area contributed by atoms with Crippen molar-refractivity contribution in [1.29, 1.82) is 0 Å². The van der Waals surface area contributed by atoms with E-state index in [0.29, 0.717) is 17.3 Å². The Morgan fingerprint density at radius 2 is 1.97 bits per heavy atom. The Kier molecular flexibility index (Phi) is 6.40. The second kappa shape index (κ2) is 9.23. The zero-order chi connectivity index (χ0) is 22.8. The fourth-order valence-corrected chi connectivity index (χ4v) is 4.23. The number of hydrogen-bond donors (Lipinski definition) is 2. The van der Waals surface area contributed by atoms with Crippen LogP contribution in [0.3, 0.4) is 0 Å². The van der Waals surface area contributed by atoms with Gasteiger partial charge in [-0.3, -0.25) is 9.80 Å². The molecule has 2 aromatic rings. The molecule has 3 N–H and O–H groups in total. The largest absolute Gasteiger partial charge is 0.491 e. The SMILES string of the molecule is CCOc1ccc(F)c(N2Cc3cnc(NC4CCC(N)CC4)nc3N(CC)C2=O)c1F. The van der Waals surface area contributed by atoms with E-state index >= 15 is 4.39 Å². The predicted molar refractivity (Wildman–Crippen MR) is 118 cm³/mol. The number of carbonyl (C=O) groups excluding carboxylic acids is 1. The molecule has 1 aromatic carbocycles. The lowest BCUT2D eigenvalue weighted by molar-refractivity contribution is 0.249. The van der Waals surface area contributed by atoms with Crippen LogP contribution in [-0.4, -0.2) is 41.2 Å². The van der Waals surface area contributed by atoms with Gasteiger partial charge in [-0.2, -0.15) is 4.98 Å². The highest BCUT2D eigenvalue weighted by molar-refractivity contribution is 6.05. The van der Waals surface area contributed by atoms with Gasteiger partial charge >= 0.3 is 6.03 Å². The smallest absolute Gasteiger partial charge is 0.330 e. The highest BCUT2D eigenvalue weighted by atomic mass is 19.1. The van der Waals surface area contributed by atoms with Gasteiger partial charge in [0.15, 0.2) is 11.6 Å². The van der Waals surface area contributed by atoms with Crippen LogP contribution in [0.5, 0.6) is 5.75 Å². The molecule has 2 aliphatic rings. The van der Waals surface area contributed by atoms with Crippen LogP contribution in [0.4, 0.5) is 31.0 Å². The Morgan fingerprint density at radius 3 is 2.66 bits per heavy atom. The average molecular weight is 447 g/mol. The van der Waals surface area contributed by atoms with Crippen LogP contribution in [0.15, 0.2) is 18.3 Å². The van der Waals surface area contributed by atoms with Crippen LogP contribution in [0.2, 0.25) is 0 Å². The third-order valence-electron chi connectivity index (χ3n) is 5.91. The molecule has 1 aromatic heterocycles. The zero-order valence-electron chi connectivity index (χ0n) is 18.3. The van der Waals surface area contributed by atoms with Crippen molar-refractivity contribution in [2.75, 3.05) is 28.3 Å². The lowest BCUT2D eigenvalue weighted by Gasteiger charge is -2.36. The molecule has 10 heteroatoms. The van der Waals surface area contributed by atoms with Crippen molar-refractivity contribution in [2.24, 2.45) is 5.73 Å². The number of hydrogen-bond acceptors (Lipinski definition) is 6. The molecule has 0 unspecified atom stereocenters. The van der Waals surface area contributed by atoms with E-state index in [2.05, 4.69) is 15.3 Å². The van der Waals surface area contributed by atoms with Gasteiger partial charge in [0.1, 0.15) is 17.3 Å². The summed E-state index contributed by atoms with van der Waals surface area (Å²) < 4.78 is 34.9. The normalized spacial score (nSPS) is 20.8. The minimum Gasteiger partial charge on any atom is -0.491 e. The van der Waals surface area contributed by atoms with Crippen molar-refractivity contribution < 1.29 is 18.3 Å². The molecule has 1 fully saturated rings. The number of carbonyl (C=O) groups is 1. The molecule has 1 aliphatic heterocycles. The minimum atomic E-state index is -0.908. The summed E-state index contributed by atoms with van der Waals surface area (Å²) in [6, 6.07) is 2.22. The Balaban J connectivity index is 1.63. The maximum atomic E-state index is 15.0. The third-order valence-corrected chi connectivity index (χ3v) is 5.91. The average Bonchev–Trinajstić information content (AvgIpc) is 2.78. The van der Waals surface area contributed by atoms with E-state index in [0.717, 1.165) is 36.6 Å². The third kappa shape index (κ3) is 4.19. The lowest BCUT2D eigenvalue weighted by Crippen LogP contribution is -2.48. The number of amides is 2. The fourth-order valence-electron chi connectivity index (χ4n) is 4.23. The van der Waals surface area contributed by atoms with Gasteiger partial charge in [0, 0.05) is 30.4 Å². The molecule has 0 atom stereocenters. The number of nitrogens with two attached hydrogens (primary N) is 1. The first-order valence-corrected chi connectivity index (χ1v) is 11.0.